The molecule has 1 aromatic carbocycles. The third-order valence-corrected chi connectivity index (χ3v) is 5.49. The van der Waals surface area contributed by atoms with Gasteiger partial charge in [-0.1, -0.05) is 13.3 Å². The molecular weight excluding hydrogens is 457 g/mol. The number of nitrogens with one attached hydrogen (secondary N) is 1. The van der Waals surface area contributed by atoms with Crippen LogP contribution in [0.1, 0.15) is 61.5 Å². The molecule has 0 saturated carbocycles. The van der Waals surface area contributed by atoms with Crippen LogP contribution in [-0.4, -0.2) is 43.6 Å². The molecule has 11 heteroatoms. The fourth-order valence-corrected chi connectivity index (χ4v) is 3.66. The zero-order chi connectivity index (χ0) is 25.9. The molecule has 0 aliphatic heterocycles. The van der Waals surface area contributed by atoms with Crippen molar-refractivity contribution in [1.82, 2.24) is 19.3 Å². The molecule has 2 unspecified atom stereocenters. The minimum Gasteiger partial charge on any atom is -0.490 e. The highest BCUT2D eigenvalue weighted by Crippen LogP contribution is 2.30. The number of aryl methyl sites for hydroxylation is 1. The summed E-state index contributed by atoms with van der Waals surface area (Å²) in [6, 6.07) is 3.97. The van der Waals surface area contributed by atoms with Crippen LogP contribution >= 0.6 is 0 Å². The highest BCUT2D eigenvalue weighted by atomic mass is 19.1. The van der Waals surface area contributed by atoms with E-state index in [4.69, 9.17) is 9.47 Å². The quantitative estimate of drug-likeness (QED) is 0.475. The molecule has 2 heterocycles. The maximum Gasteiger partial charge on any atom is 0.350 e. The number of aliphatic hydroxyl groups excluding tert-OH is 1. The minimum atomic E-state index is -1.04. The fourth-order valence-electron chi connectivity index (χ4n) is 3.66. The van der Waals surface area contributed by atoms with Gasteiger partial charge in [0, 0.05) is 19.3 Å². The third kappa shape index (κ3) is 5.35. The zero-order valence-corrected chi connectivity index (χ0v) is 20.6. The predicted molar refractivity (Wildman–Crippen MR) is 128 cm³/mol. The minimum absolute atomic E-state index is 0.0668. The van der Waals surface area contributed by atoms with Gasteiger partial charge in [0.05, 0.1) is 18.8 Å². The molecular formula is C24H30FN5O5. The van der Waals surface area contributed by atoms with Gasteiger partial charge in [-0.3, -0.25) is 9.36 Å². The summed E-state index contributed by atoms with van der Waals surface area (Å²) in [5.41, 5.74) is 0.122. The molecule has 0 aliphatic rings. The summed E-state index contributed by atoms with van der Waals surface area (Å²) in [4.78, 5) is 30.0. The van der Waals surface area contributed by atoms with Crippen LogP contribution in [0.15, 0.2) is 29.2 Å². The Balaban J connectivity index is 2.12. The van der Waals surface area contributed by atoms with Crippen molar-refractivity contribution in [2.75, 3.05) is 12.4 Å². The lowest BCUT2D eigenvalue weighted by atomic mass is 10.1. The van der Waals surface area contributed by atoms with E-state index in [0.29, 0.717) is 17.7 Å². The van der Waals surface area contributed by atoms with Crippen LogP contribution in [0.3, 0.4) is 0 Å². The largest absolute Gasteiger partial charge is 0.490 e. The molecule has 2 aromatic heterocycles. The zero-order valence-electron chi connectivity index (χ0n) is 20.6. The highest BCUT2D eigenvalue weighted by molar-refractivity contribution is 6.07. The molecule has 10 nitrogen and oxygen atoms in total. The SMILES string of the molecule is CCCC(C)Oc1cc(-n2nc(C(C)O)n(C)c2=O)c(F)cc1C(=O)Nc1c(C)ccnc1OC. The number of hydrogen-bond acceptors (Lipinski definition) is 7. The lowest BCUT2D eigenvalue weighted by Crippen LogP contribution is -2.24. The number of carbonyl (C=O) groups excluding carboxylic acids is 1. The van der Waals surface area contributed by atoms with Crippen molar-refractivity contribution in [2.24, 2.45) is 7.05 Å². The summed E-state index contributed by atoms with van der Waals surface area (Å²) in [7, 11) is 2.86. The lowest BCUT2D eigenvalue weighted by molar-refractivity contribution is 0.101. The van der Waals surface area contributed by atoms with Crippen LogP contribution in [-0.2, 0) is 7.05 Å². The second-order valence-electron chi connectivity index (χ2n) is 8.27. The smallest absolute Gasteiger partial charge is 0.350 e. The van der Waals surface area contributed by atoms with Gasteiger partial charge in [-0.15, -0.1) is 5.10 Å². The van der Waals surface area contributed by atoms with E-state index in [-0.39, 0.29) is 34.8 Å². The third-order valence-electron chi connectivity index (χ3n) is 5.49. The first-order chi connectivity index (χ1) is 16.6. The number of halogens is 1. The number of ether oxygens (including phenoxy) is 2. The summed E-state index contributed by atoms with van der Waals surface area (Å²) in [5, 5.41) is 16.7. The van der Waals surface area contributed by atoms with Gasteiger partial charge < -0.3 is 19.9 Å². The van der Waals surface area contributed by atoms with Crippen LogP contribution in [0.5, 0.6) is 11.6 Å². The Kier molecular flexibility index (Phi) is 7.90. The molecule has 0 radical (unpaired) electrons. The van der Waals surface area contributed by atoms with Gasteiger partial charge in [0.2, 0.25) is 5.88 Å². The van der Waals surface area contributed by atoms with Crippen LogP contribution in [0.2, 0.25) is 0 Å². The van der Waals surface area contributed by atoms with Gasteiger partial charge in [0.15, 0.2) is 5.82 Å². The molecule has 35 heavy (non-hydrogen) atoms. The first-order valence-corrected chi connectivity index (χ1v) is 11.2. The molecule has 0 spiro atoms. The fraction of sp³-hybridized carbons (Fsp3) is 0.417. The standard InChI is InChI=1S/C24H30FN5O5/c1-7-8-14(3)35-19-12-18(30-24(33)29(5)21(28-30)15(4)31)17(25)11-16(19)22(32)27-20-13(2)9-10-26-23(20)34-6/h9-12,14-15,31H,7-8H2,1-6H3,(H,27,32). The van der Waals surface area contributed by atoms with E-state index in [1.807, 2.05) is 13.8 Å². The van der Waals surface area contributed by atoms with Crippen molar-refractivity contribution in [1.29, 1.82) is 0 Å². The normalized spacial score (nSPS) is 12.8. The molecule has 0 saturated heterocycles. The van der Waals surface area contributed by atoms with Gasteiger partial charge in [-0.25, -0.2) is 14.2 Å². The van der Waals surface area contributed by atoms with E-state index >= 15 is 4.39 Å². The van der Waals surface area contributed by atoms with Crippen LogP contribution in [0, 0.1) is 12.7 Å². The number of amides is 1. The monoisotopic (exact) mass is 487 g/mol. The van der Waals surface area contributed by atoms with Gasteiger partial charge in [-0.05, 0) is 44.9 Å². The molecule has 3 aromatic rings. The van der Waals surface area contributed by atoms with E-state index in [1.54, 1.807) is 19.2 Å². The molecule has 0 bridgehead atoms. The Bertz CT molecular complexity index is 1280. The summed E-state index contributed by atoms with van der Waals surface area (Å²) in [6.07, 6.45) is 1.75. The maximum atomic E-state index is 15.3. The summed E-state index contributed by atoms with van der Waals surface area (Å²) in [6.45, 7) is 7.05. The number of benzene rings is 1. The van der Waals surface area contributed by atoms with Crippen molar-refractivity contribution in [3.63, 3.8) is 0 Å². The molecule has 2 atom stereocenters. The average molecular weight is 488 g/mol. The van der Waals surface area contributed by atoms with Gasteiger partial charge >= 0.3 is 5.69 Å². The van der Waals surface area contributed by atoms with E-state index in [9.17, 15) is 14.7 Å². The molecule has 0 fully saturated rings. The maximum absolute atomic E-state index is 15.3. The number of aliphatic hydroxyl groups is 1. The van der Waals surface area contributed by atoms with Gasteiger partial charge in [0.25, 0.3) is 5.91 Å². The van der Waals surface area contributed by atoms with E-state index in [2.05, 4.69) is 15.4 Å². The molecule has 1 amide bonds. The topological polar surface area (TPSA) is 120 Å². The first-order valence-electron chi connectivity index (χ1n) is 11.2. The predicted octanol–water partition coefficient (Wildman–Crippen LogP) is 3.30. The van der Waals surface area contributed by atoms with Crippen LogP contribution in [0.25, 0.3) is 5.69 Å². The van der Waals surface area contributed by atoms with Gasteiger partial charge in [0.1, 0.15) is 29.0 Å². The van der Waals surface area contributed by atoms with Crippen molar-refractivity contribution in [3.05, 3.63) is 57.6 Å². The van der Waals surface area contributed by atoms with Gasteiger partial charge in [-0.2, -0.15) is 4.68 Å². The second-order valence-corrected chi connectivity index (χ2v) is 8.27. The Morgan fingerprint density at radius 3 is 2.63 bits per heavy atom. The van der Waals surface area contributed by atoms with Crippen molar-refractivity contribution in [2.45, 2.75) is 52.7 Å². The number of nitrogens with zero attached hydrogens (tertiary/aromatic N) is 4. The molecule has 3 rings (SSSR count). The number of hydrogen-bond donors (Lipinski definition) is 2. The molecule has 2 N–H and O–H groups in total. The van der Waals surface area contributed by atoms with Crippen molar-refractivity contribution >= 4 is 11.6 Å². The molecule has 0 aliphatic carbocycles. The van der Waals surface area contributed by atoms with Crippen LogP contribution in [0.4, 0.5) is 10.1 Å². The Morgan fingerprint density at radius 2 is 2.03 bits per heavy atom. The number of methoxy groups -OCH3 is 1. The first kappa shape index (κ1) is 25.9. The Hall–Kier alpha value is -3.73. The van der Waals surface area contributed by atoms with E-state index in [1.165, 1.54) is 27.1 Å². The summed E-state index contributed by atoms with van der Waals surface area (Å²) in [5.74, 6) is -1.14. The number of pyridine rings is 1. The van der Waals surface area contributed by atoms with Crippen LogP contribution < -0.4 is 20.5 Å². The van der Waals surface area contributed by atoms with Crippen molar-refractivity contribution in [3.8, 4) is 17.3 Å². The average Bonchev–Trinajstić information content (AvgIpc) is 3.10. The highest BCUT2D eigenvalue weighted by Gasteiger charge is 2.24. The van der Waals surface area contributed by atoms with E-state index in [0.717, 1.165) is 21.7 Å². The molecule has 188 valence electrons. The van der Waals surface area contributed by atoms with Crippen molar-refractivity contribution < 1.29 is 23.8 Å². The Morgan fingerprint density at radius 1 is 1.31 bits per heavy atom. The second kappa shape index (κ2) is 10.7. The number of carbonyl (C=O) groups is 1. The van der Waals surface area contributed by atoms with E-state index < -0.39 is 23.5 Å². The lowest BCUT2D eigenvalue weighted by Gasteiger charge is -2.19. The summed E-state index contributed by atoms with van der Waals surface area (Å²) >= 11 is 0. The number of anilines is 1. The Labute approximate surface area is 202 Å². The number of aromatic nitrogens is 4. The number of rotatable bonds is 9. The summed E-state index contributed by atoms with van der Waals surface area (Å²) < 4.78 is 28.5.